The van der Waals surface area contributed by atoms with Crippen molar-refractivity contribution in [2.45, 2.75) is 20.3 Å². The van der Waals surface area contributed by atoms with Gasteiger partial charge in [-0.1, -0.05) is 38.1 Å². The topological polar surface area (TPSA) is 20.2 Å². The number of benzene rings is 2. The quantitative estimate of drug-likeness (QED) is 0.848. The van der Waals surface area contributed by atoms with E-state index in [2.05, 4.69) is 13.8 Å². The Morgan fingerprint density at radius 3 is 2.50 bits per heavy atom. The zero-order chi connectivity index (χ0) is 13.1. The lowest BCUT2D eigenvalue weighted by molar-refractivity contribution is 0.476. The summed E-state index contributed by atoms with van der Waals surface area (Å²) in [5.74, 6) is 0.460. The third-order valence-electron chi connectivity index (χ3n) is 2.84. The number of hydrogen-bond donors (Lipinski definition) is 1. The number of hydrogen-bond acceptors (Lipinski definition) is 1. The van der Waals surface area contributed by atoms with Crippen molar-refractivity contribution in [1.29, 1.82) is 0 Å². The zero-order valence-electron chi connectivity index (χ0n) is 10.7. The molecule has 2 heteroatoms. The van der Waals surface area contributed by atoms with Crippen LogP contribution in [0.25, 0.3) is 11.1 Å². The molecule has 2 aromatic carbocycles. The monoisotopic (exact) mass is 244 g/mol. The van der Waals surface area contributed by atoms with E-state index in [0.717, 1.165) is 12.0 Å². The van der Waals surface area contributed by atoms with E-state index in [1.54, 1.807) is 18.2 Å². The van der Waals surface area contributed by atoms with Crippen LogP contribution in [0.5, 0.6) is 5.75 Å². The summed E-state index contributed by atoms with van der Waals surface area (Å²) in [6, 6.07) is 11.9. The Morgan fingerprint density at radius 2 is 1.89 bits per heavy atom. The molecular formula is C16H17FO. The SMILES string of the molecule is CC(C)Cc1ccc(-c2cccc(F)c2)c(O)c1. The van der Waals surface area contributed by atoms with Crippen molar-refractivity contribution in [3.05, 3.63) is 53.8 Å². The van der Waals surface area contributed by atoms with Gasteiger partial charge in [-0.2, -0.15) is 0 Å². The highest BCUT2D eigenvalue weighted by molar-refractivity contribution is 5.70. The highest BCUT2D eigenvalue weighted by Gasteiger charge is 2.07. The minimum Gasteiger partial charge on any atom is -0.507 e. The second-order valence-corrected chi connectivity index (χ2v) is 4.96. The fourth-order valence-corrected chi connectivity index (χ4v) is 2.08. The van der Waals surface area contributed by atoms with Gasteiger partial charge in [-0.15, -0.1) is 0 Å². The third-order valence-corrected chi connectivity index (χ3v) is 2.84. The molecule has 0 heterocycles. The highest BCUT2D eigenvalue weighted by atomic mass is 19.1. The van der Waals surface area contributed by atoms with Crippen LogP contribution in [0.4, 0.5) is 4.39 Å². The molecule has 0 unspecified atom stereocenters. The largest absolute Gasteiger partial charge is 0.507 e. The van der Waals surface area contributed by atoms with E-state index in [1.807, 2.05) is 12.1 Å². The van der Waals surface area contributed by atoms with Gasteiger partial charge in [0.15, 0.2) is 0 Å². The fourth-order valence-electron chi connectivity index (χ4n) is 2.08. The summed E-state index contributed by atoms with van der Waals surface area (Å²) in [5, 5.41) is 10.0. The Morgan fingerprint density at radius 1 is 1.11 bits per heavy atom. The Hall–Kier alpha value is -1.83. The third kappa shape index (κ3) is 2.89. The minimum atomic E-state index is -0.293. The smallest absolute Gasteiger partial charge is 0.123 e. The van der Waals surface area contributed by atoms with Gasteiger partial charge in [0, 0.05) is 5.56 Å². The van der Waals surface area contributed by atoms with Crippen LogP contribution in [0.15, 0.2) is 42.5 Å². The molecular weight excluding hydrogens is 227 g/mol. The maximum atomic E-state index is 13.2. The molecule has 0 spiro atoms. The molecule has 0 atom stereocenters. The Bertz CT molecular complexity index is 547. The maximum Gasteiger partial charge on any atom is 0.123 e. The van der Waals surface area contributed by atoms with Crippen LogP contribution in [-0.2, 0) is 6.42 Å². The van der Waals surface area contributed by atoms with Crippen LogP contribution >= 0.6 is 0 Å². The van der Waals surface area contributed by atoms with E-state index in [0.29, 0.717) is 17.0 Å². The Kier molecular flexibility index (Phi) is 3.66. The van der Waals surface area contributed by atoms with E-state index in [4.69, 9.17) is 0 Å². The molecule has 1 nitrogen and oxygen atoms in total. The second kappa shape index (κ2) is 5.21. The summed E-state index contributed by atoms with van der Waals surface area (Å²) >= 11 is 0. The standard InChI is InChI=1S/C16H17FO/c1-11(2)8-12-6-7-15(16(18)9-12)13-4-3-5-14(17)10-13/h3-7,9-11,18H,8H2,1-2H3. The number of halogens is 1. The van der Waals surface area contributed by atoms with Crippen molar-refractivity contribution >= 4 is 0 Å². The zero-order valence-corrected chi connectivity index (χ0v) is 10.7. The van der Waals surface area contributed by atoms with E-state index in [1.165, 1.54) is 12.1 Å². The molecule has 0 aromatic heterocycles. The van der Waals surface area contributed by atoms with Gasteiger partial charge in [-0.05, 0) is 41.7 Å². The molecule has 0 bridgehead atoms. The van der Waals surface area contributed by atoms with E-state index < -0.39 is 0 Å². The predicted molar refractivity (Wildman–Crippen MR) is 72.0 cm³/mol. The summed E-state index contributed by atoms with van der Waals surface area (Å²) in [6.07, 6.45) is 0.928. The van der Waals surface area contributed by atoms with Crippen LogP contribution < -0.4 is 0 Å². The summed E-state index contributed by atoms with van der Waals surface area (Å²) in [6.45, 7) is 4.27. The van der Waals surface area contributed by atoms with Crippen LogP contribution in [0.3, 0.4) is 0 Å². The second-order valence-electron chi connectivity index (χ2n) is 4.96. The molecule has 0 amide bonds. The van der Waals surface area contributed by atoms with Crippen LogP contribution in [0, 0.1) is 11.7 Å². The molecule has 0 fully saturated rings. The van der Waals surface area contributed by atoms with Gasteiger partial charge < -0.3 is 5.11 Å². The molecule has 0 aliphatic rings. The van der Waals surface area contributed by atoms with Crippen molar-refractivity contribution < 1.29 is 9.50 Å². The number of rotatable bonds is 3. The van der Waals surface area contributed by atoms with Crippen LogP contribution in [0.1, 0.15) is 19.4 Å². The van der Waals surface area contributed by atoms with Crippen molar-refractivity contribution in [1.82, 2.24) is 0 Å². The van der Waals surface area contributed by atoms with Gasteiger partial charge in [0.2, 0.25) is 0 Å². The highest BCUT2D eigenvalue weighted by Crippen LogP contribution is 2.30. The average molecular weight is 244 g/mol. The van der Waals surface area contributed by atoms with E-state index >= 15 is 0 Å². The van der Waals surface area contributed by atoms with Gasteiger partial charge in [-0.3, -0.25) is 0 Å². The molecule has 0 saturated heterocycles. The molecule has 0 aliphatic heterocycles. The summed E-state index contributed by atoms with van der Waals surface area (Å²) in [5.41, 5.74) is 2.47. The average Bonchev–Trinajstić information content (AvgIpc) is 2.28. The Balaban J connectivity index is 2.35. The number of aromatic hydroxyl groups is 1. The van der Waals surface area contributed by atoms with E-state index in [-0.39, 0.29) is 11.6 Å². The molecule has 18 heavy (non-hydrogen) atoms. The summed E-state index contributed by atoms with van der Waals surface area (Å²) in [4.78, 5) is 0. The number of phenolic OH excluding ortho intramolecular Hbond substituents is 1. The van der Waals surface area contributed by atoms with Crippen LogP contribution in [-0.4, -0.2) is 5.11 Å². The summed E-state index contributed by atoms with van der Waals surface area (Å²) in [7, 11) is 0. The predicted octanol–water partition coefficient (Wildman–Crippen LogP) is 4.40. The minimum absolute atomic E-state index is 0.207. The van der Waals surface area contributed by atoms with Gasteiger partial charge in [0.25, 0.3) is 0 Å². The molecule has 0 saturated carbocycles. The molecule has 2 aromatic rings. The van der Waals surface area contributed by atoms with Crippen molar-refractivity contribution in [3.63, 3.8) is 0 Å². The lowest BCUT2D eigenvalue weighted by Gasteiger charge is -2.09. The maximum absolute atomic E-state index is 13.2. The first kappa shape index (κ1) is 12.6. The van der Waals surface area contributed by atoms with Crippen molar-refractivity contribution in [2.24, 2.45) is 5.92 Å². The fraction of sp³-hybridized carbons (Fsp3) is 0.250. The lowest BCUT2D eigenvalue weighted by atomic mass is 9.98. The molecule has 0 radical (unpaired) electrons. The van der Waals surface area contributed by atoms with Crippen molar-refractivity contribution in [3.8, 4) is 16.9 Å². The first-order chi connectivity index (χ1) is 8.56. The molecule has 2 rings (SSSR count). The van der Waals surface area contributed by atoms with Gasteiger partial charge >= 0.3 is 0 Å². The lowest BCUT2D eigenvalue weighted by Crippen LogP contribution is -1.94. The van der Waals surface area contributed by atoms with Crippen LogP contribution in [0.2, 0.25) is 0 Å². The van der Waals surface area contributed by atoms with Gasteiger partial charge in [0.1, 0.15) is 11.6 Å². The molecule has 0 aliphatic carbocycles. The Labute approximate surface area is 107 Å². The first-order valence-corrected chi connectivity index (χ1v) is 6.14. The van der Waals surface area contributed by atoms with E-state index in [9.17, 15) is 9.50 Å². The van der Waals surface area contributed by atoms with Gasteiger partial charge in [-0.25, -0.2) is 4.39 Å². The molecule has 1 N–H and O–H groups in total. The first-order valence-electron chi connectivity index (χ1n) is 6.14. The normalized spacial score (nSPS) is 10.9. The molecule has 94 valence electrons. The van der Waals surface area contributed by atoms with Crippen molar-refractivity contribution in [2.75, 3.05) is 0 Å². The van der Waals surface area contributed by atoms with Gasteiger partial charge in [0.05, 0.1) is 0 Å². The number of phenols is 1. The summed E-state index contributed by atoms with van der Waals surface area (Å²) < 4.78 is 13.2.